The van der Waals surface area contributed by atoms with Crippen LogP contribution < -0.4 is 10.6 Å². The van der Waals surface area contributed by atoms with Crippen LogP contribution >= 0.6 is 24.0 Å². The first-order chi connectivity index (χ1) is 15.5. The second-order valence-electron chi connectivity index (χ2n) is 8.78. The highest BCUT2D eigenvalue weighted by atomic mass is 127. The molecule has 186 valence electrons. The summed E-state index contributed by atoms with van der Waals surface area (Å²) in [6, 6.07) is 10.2. The van der Waals surface area contributed by atoms with Crippen LogP contribution in [0.2, 0.25) is 0 Å². The van der Waals surface area contributed by atoms with Gasteiger partial charge >= 0.3 is 0 Å². The summed E-state index contributed by atoms with van der Waals surface area (Å²) in [6.45, 7) is 11.1. The Labute approximate surface area is 216 Å². The van der Waals surface area contributed by atoms with Gasteiger partial charge in [-0.25, -0.2) is 4.99 Å². The van der Waals surface area contributed by atoms with Crippen LogP contribution in [0.5, 0.6) is 0 Å². The van der Waals surface area contributed by atoms with E-state index in [0.717, 1.165) is 38.3 Å². The molecular formula is C25H42IN5O2. The summed E-state index contributed by atoms with van der Waals surface area (Å²) in [5.74, 6) is 1.63. The number of benzene rings is 1. The first-order valence-electron chi connectivity index (χ1n) is 12.1. The molecule has 0 aliphatic carbocycles. The van der Waals surface area contributed by atoms with Gasteiger partial charge in [-0.05, 0) is 31.2 Å². The highest BCUT2D eigenvalue weighted by Gasteiger charge is 2.23. The molecule has 7 nitrogen and oxygen atoms in total. The number of halogens is 1. The Bertz CT molecular complexity index is 719. The van der Waals surface area contributed by atoms with Crippen LogP contribution in [0.1, 0.15) is 58.4 Å². The number of piperazine rings is 1. The number of carbonyl (C=O) groups excluding carboxylic acids is 2. The number of hydrogen-bond donors (Lipinski definition) is 2. The SMILES string of the molecule is CCNC(=NCc1ccccc1)NCCCCCC(=O)N1CCN(C(=O)CC(C)C)CC1.I. The zero-order valence-corrected chi connectivity index (χ0v) is 22.8. The van der Waals surface area contributed by atoms with Crippen LogP contribution in [0.4, 0.5) is 0 Å². The van der Waals surface area contributed by atoms with Gasteiger partial charge in [0.1, 0.15) is 0 Å². The summed E-state index contributed by atoms with van der Waals surface area (Å²) in [5.41, 5.74) is 1.19. The van der Waals surface area contributed by atoms with E-state index >= 15 is 0 Å². The summed E-state index contributed by atoms with van der Waals surface area (Å²) in [7, 11) is 0. The van der Waals surface area contributed by atoms with Crippen molar-refractivity contribution in [2.24, 2.45) is 10.9 Å². The molecule has 2 N–H and O–H groups in total. The van der Waals surface area contributed by atoms with Crippen LogP contribution in [0, 0.1) is 5.92 Å². The molecule has 0 unspecified atom stereocenters. The highest BCUT2D eigenvalue weighted by Crippen LogP contribution is 2.10. The average Bonchev–Trinajstić information content (AvgIpc) is 2.79. The molecular weight excluding hydrogens is 529 g/mol. The van der Waals surface area contributed by atoms with Crippen LogP contribution in [-0.4, -0.2) is 66.8 Å². The van der Waals surface area contributed by atoms with Crippen molar-refractivity contribution < 1.29 is 9.59 Å². The maximum Gasteiger partial charge on any atom is 0.222 e. The average molecular weight is 572 g/mol. The third-order valence-corrected chi connectivity index (χ3v) is 5.53. The standard InChI is InChI=1S/C25H41N5O2.HI/c1-4-26-25(28-20-22-11-7-5-8-12-22)27-14-10-6-9-13-23(31)29-15-17-30(18-16-29)24(32)19-21(2)3;/h5,7-8,11-12,21H,4,6,9-10,13-20H2,1-3H3,(H2,26,27,28);1H. The quantitative estimate of drug-likeness (QED) is 0.184. The smallest absolute Gasteiger partial charge is 0.222 e. The summed E-state index contributed by atoms with van der Waals surface area (Å²) < 4.78 is 0. The zero-order chi connectivity index (χ0) is 23.2. The largest absolute Gasteiger partial charge is 0.357 e. The van der Waals surface area contributed by atoms with Crippen LogP contribution in [0.15, 0.2) is 35.3 Å². The molecule has 2 rings (SSSR count). The minimum Gasteiger partial charge on any atom is -0.357 e. The minimum atomic E-state index is 0. The van der Waals surface area contributed by atoms with Gasteiger partial charge in [0.25, 0.3) is 0 Å². The monoisotopic (exact) mass is 571 g/mol. The Hall–Kier alpha value is -1.84. The van der Waals surface area contributed by atoms with Gasteiger partial charge in [-0.15, -0.1) is 24.0 Å². The number of hydrogen-bond acceptors (Lipinski definition) is 3. The van der Waals surface area contributed by atoms with Gasteiger partial charge in [-0.3, -0.25) is 9.59 Å². The summed E-state index contributed by atoms with van der Waals surface area (Å²) in [6.07, 6.45) is 4.07. The number of nitrogens with zero attached hydrogens (tertiary/aromatic N) is 3. The number of nitrogens with one attached hydrogen (secondary N) is 2. The van der Waals surface area contributed by atoms with E-state index in [2.05, 4.69) is 48.5 Å². The van der Waals surface area contributed by atoms with Crippen molar-refractivity contribution in [1.29, 1.82) is 0 Å². The molecule has 1 heterocycles. The second-order valence-corrected chi connectivity index (χ2v) is 8.78. The van der Waals surface area contributed by atoms with Gasteiger partial charge in [0.2, 0.25) is 11.8 Å². The second kappa shape index (κ2) is 16.7. The van der Waals surface area contributed by atoms with Gasteiger partial charge in [0.05, 0.1) is 6.54 Å². The van der Waals surface area contributed by atoms with E-state index in [1.165, 1.54) is 5.56 Å². The highest BCUT2D eigenvalue weighted by molar-refractivity contribution is 14.0. The number of guanidine groups is 1. The van der Waals surface area contributed by atoms with Crippen LogP contribution in [0.25, 0.3) is 0 Å². The van der Waals surface area contributed by atoms with Crippen LogP contribution in [0.3, 0.4) is 0 Å². The molecule has 1 fully saturated rings. The van der Waals surface area contributed by atoms with E-state index in [9.17, 15) is 9.59 Å². The Kier molecular flexibility index (Phi) is 14.8. The number of aliphatic imine (C=N–C) groups is 1. The Morgan fingerprint density at radius 3 is 2.18 bits per heavy atom. The molecule has 0 atom stereocenters. The fraction of sp³-hybridized carbons (Fsp3) is 0.640. The molecule has 1 aliphatic heterocycles. The molecule has 2 amide bonds. The molecule has 8 heteroatoms. The van der Waals surface area contributed by atoms with E-state index < -0.39 is 0 Å². The van der Waals surface area contributed by atoms with Crippen molar-refractivity contribution in [2.45, 2.75) is 59.4 Å². The van der Waals surface area contributed by atoms with Crippen molar-refractivity contribution in [3.8, 4) is 0 Å². The van der Waals surface area contributed by atoms with E-state index in [4.69, 9.17) is 0 Å². The number of amides is 2. The Balaban J connectivity index is 0.00000544. The predicted molar refractivity (Wildman–Crippen MR) is 146 cm³/mol. The van der Waals surface area contributed by atoms with Crippen LogP contribution in [-0.2, 0) is 16.1 Å². The summed E-state index contributed by atoms with van der Waals surface area (Å²) in [5, 5.41) is 6.65. The molecule has 33 heavy (non-hydrogen) atoms. The Morgan fingerprint density at radius 1 is 0.939 bits per heavy atom. The molecule has 1 aromatic rings. The fourth-order valence-electron chi connectivity index (χ4n) is 3.72. The van der Waals surface area contributed by atoms with E-state index in [1.54, 1.807) is 0 Å². The fourth-order valence-corrected chi connectivity index (χ4v) is 3.72. The molecule has 0 bridgehead atoms. The molecule has 1 aromatic carbocycles. The normalized spacial score (nSPS) is 14.1. The van der Waals surface area contributed by atoms with E-state index in [-0.39, 0.29) is 35.8 Å². The number of rotatable bonds is 11. The van der Waals surface area contributed by atoms with E-state index in [0.29, 0.717) is 51.5 Å². The summed E-state index contributed by atoms with van der Waals surface area (Å²) >= 11 is 0. The van der Waals surface area contributed by atoms with E-state index in [1.807, 2.05) is 28.0 Å². The predicted octanol–water partition coefficient (Wildman–Crippen LogP) is 3.64. The third-order valence-electron chi connectivity index (χ3n) is 5.53. The van der Waals surface area contributed by atoms with Crippen molar-refractivity contribution in [3.05, 3.63) is 35.9 Å². The topological polar surface area (TPSA) is 77.0 Å². The number of carbonyl (C=O) groups is 2. The summed E-state index contributed by atoms with van der Waals surface area (Å²) in [4.78, 5) is 33.1. The number of unbranched alkanes of at least 4 members (excludes halogenated alkanes) is 2. The van der Waals surface area contributed by atoms with Crippen molar-refractivity contribution in [2.75, 3.05) is 39.3 Å². The first kappa shape index (κ1) is 29.2. The molecule has 0 aromatic heterocycles. The third kappa shape index (κ3) is 11.7. The first-order valence-corrected chi connectivity index (χ1v) is 12.1. The van der Waals surface area contributed by atoms with Gasteiger partial charge in [-0.1, -0.05) is 50.6 Å². The molecule has 0 spiro atoms. The van der Waals surface area contributed by atoms with Gasteiger partial charge in [0, 0.05) is 52.1 Å². The lowest BCUT2D eigenvalue weighted by molar-refractivity contribution is -0.140. The van der Waals surface area contributed by atoms with Crippen molar-refractivity contribution in [1.82, 2.24) is 20.4 Å². The maximum absolute atomic E-state index is 12.5. The molecule has 0 radical (unpaired) electrons. The molecule has 1 saturated heterocycles. The molecule has 1 aliphatic rings. The minimum absolute atomic E-state index is 0. The lowest BCUT2D eigenvalue weighted by Gasteiger charge is -2.35. The van der Waals surface area contributed by atoms with Gasteiger partial charge < -0.3 is 20.4 Å². The molecule has 0 saturated carbocycles. The lowest BCUT2D eigenvalue weighted by Crippen LogP contribution is -2.50. The van der Waals surface area contributed by atoms with Crippen molar-refractivity contribution >= 4 is 41.8 Å². The van der Waals surface area contributed by atoms with Gasteiger partial charge in [-0.2, -0.15) is 0 Å². The lowest BCUT2D eigenvalue weighted by atomic mass is 10.1. The Morgan fingerprint density at radius 2 is 1.58 bits per heavy atom. The van der Waals surface area contributed by atoms with Gasteiger partial charge in [0.15, 0.2) is 5.96 Å². The zero-order valence-electron chi connectivity index (χ0n) is 20.5. The van der Waals surface area contributed by atoms with Crippen molar-refractivity contribution in [3.63, 3.8) is 0 Å². The maximum atomic E-state index is 12.5.